The van der Waals surface area contributed by atoms with E-state index in [4.69, 9.17) is 19.3 Å². The van der Waals surface area contributed by atoms with Crippen LogP contribution in [-0.2, 0) is 14.3 Å². The van der Waals surface area contributed by atoms with Crippen LogP contribution in [0.5, 0.6) is 11.5 Å². The first-order chi connectivity index (χ1) is 21.0. The lowest BCUT2D eigenvalue weighted by Gasteiger charge is -2.23. The minimum atomic E-state index is -0.388. The summed E-state index contributed by atoms with van der Waals surface area (Å²) < 4.78 is 32.5. The highest BCUT2D eigenvalue weighted by molar-refractivity contribution is 8.00. The Morgan fingerprint density at radius 1 is 1.05 bits per heavy atom. The summed E-state index contributed by atoms with van der Waals surface area (Å²) in [6.45, 7) is 1.02. The highest BCUT2D eigenvalue weighted by atomic mass is 32.2. The molecule has 220 valence electrons. The van der Waals surface area contributed by atoms with Crippen LogP contribution in [0.4, 0.5) is 10.2 Å². The Morgan fingerprint density at radius 3 is 2.65 bits per heavy atom. The highest BCUT2D eigenvalue weighted by Crippen LogP contribution is 2.50. The summed E-state index contributed by atoms with van der Waals surface area (Å²) in [5.74, 6) is 0.973. The Labute approximate surface area is 251 Å². The van der Waals surface area contributed by atoms with E-state index in [9.17, 15) is 14.0 Å². The molecular formula is C32H29FN4O5S. The topological polar surface area (TPSA) is 94.9 Å². The van der Waals surface area contributed by atoms with Crippen LogP contribution in [0.2, 0.25) is 0 Å². The molecule has 1 fully saturated rings. The van der Waals surface area contributed by atoms with E-state index in [1.54, 1.807) is 16.8 Å². The van der Waals surface area contributed by atoms with Gasteiger partial charge in [0.05, 0.1) is 28.5 Å². The van der Waals surface area contributed by atoms with Gasteiger partial charge < -0.3 is 19.5 Å². The molecule has 0 spiro atoms. The summed E-state index contributed by atoms with van der Waals surface area (Å²) in [4.78, 5) is 28.7. The number of aromatic nitrogens is 2. The van der Waals surface area contributed by atoms with Gasteiger partial charge in [-0.05, 0) is 54.8 Å². The van der Waals surface area contributed by atoms with Gasteiger partial charge in [-0.1, -0.05) is 36.4 Å². The number of carbonyl (C=O) groups excluding carboxylic acids is 2. The zero-order valence-electron chi connectivity index (χ0n) is 23.2. The number of hydrogen-bond donors (Lipinski definition) is 1. The number of hydrogen-bond acceptors (Lipinski definition) is 7. The van der Waals surface area contributed by atoms with Crippen molar-refractivity contribution in [1.82, 2.24) is 15.1 Å². The molecule has 4 aromatic rings. The summed E-state index contributed by atoms with van der Waals surface area (Å²) in [5.41, 5.74) is 3.76. The SMILES string of the molecule is O=C(CN1C(=O)CS[C@H](c2ccc3c(c2)OCO3)c2c(-c3ccccc3)nn(-c3ccc(F)cc3)c21)NC[C@@H]1CCCO1. The molecule has 0 radical (unpaired) electrons. The maximum Gasteiger partial charge on any atom is 0.240 e. The predicted molar refractivity (Wildman–Crippen MR) is 160 cm³/mol. The Bertz CT molecular complexity index is 1660. The number of nitrogens with one attached hydrogen (secondary N) is 1. The van der Waals surface area contributed by atoms with Gasteiger partial charge in [0.25, 0.3) is 0 Å². The molecule has 0 unspecified atom stereocenters. The van der Waals surface area contributed by atoms with Crippen molar-refractivity contribution in [2.75, 3.05) is 37.1 Å². The second-order valence-corrected chi connectivity index (χ2v) is 11.7. The number of halogens is 1. The molecule has 7 rings (SSSR count). The van der Waals surface area contributed by atoms with Crippen LogP contribution < -0.4 is 19.7 Å². The molecule has 0 aliphatic carbocycles. The van der Waals surface area contributed by atoms with Crippen LogP contribution >= 0.6 is 11.8 Å². The van der Waals surface area contributed by atoms with Gasteiger partial charge >= 0.3 is 0 Å². The van der Waals surface area contributed by atoms with Crippen LogP contribution in [0.25, 0.3) is 16.9 Å². The van der Waals surface area contributed by atoms with Crippen LogP contribution in [0.3, 0.4) is 0 Å². The van der Waals surface area contributed by atoms with Gasteiger partial charge in [-0.2, -0.15) is 5.10 Å². The summed E-state index contributed by atoms with van der Waals surface area (Å²) in [6.07, 6.45) is 1.82. The fourth-order valence-corrected chi connectivity index (χ4v) is 6.85. The monoisotopic (exact) mass is 600 g/mol. The lowest BCUT2D eigenvalue weighted by molar-refractivity contribution is -0.123. The fraction of sp³-hybridized carbons (Fsp3) is 0.281. The van der Waals surface area contributed by atoms with Gasteiger partial charge in [0.1, 0.15) is 18.2 Å². The lowest BCUT2D eigenvalue weighted by atomic mass is 9.99. The van der Waals surface area contributed by atoms with Crippen molar-refractivity contribution in [3.05, 3.63) is 89.7 Å². The molecule has 1 saturated heterocycles. The predicted octanol–water partition coefficient (Wildman–Crippen LogP) is 4.87. The quantitative estimate of drug-likeness (QED) is 0.324. The second kappa shape index (κ2) is 11.7. The third kappa shape index (κ3) is 5.46. The normalized spacial score (nSPS) is 19.3. The molecule has 9 nitrogen and oxygen atoms in total. The van der Waals surface area contributed by atoms with Gasteiger partial charge in [-0.3, -0.25) is 14.5 Å². The van der Waals surface area contributed by atoms with Crippen molar-refractivity contribution < 1.29 is 28.2 Å². The maximum atomic E-state index is 14.0. The minimum Gasteiger partial charge on any atom is -0.454 e. The van der Waals surface area contributed by atoms with Gasteiger partial charge in [0, 0.05) is 24.3 Å². The molecule has 3 aliphatic heterocycles. The Balaban J connectivity index is 1.38. The second-order valence-electron chi connectivity index (χ2n) is 10.6. The molecule has 0 bridgehead atoms. The average Bonchev–Trinajstić information content (AvgIpc) is 3.79. The van der Waals surface area contributed by atoms with E-state index in [0.717, 1.165) is 29.5 Å². The number of nitrogens with zero attached hydrogens (tertiary/aromatic N) is 3. The highest BCUT2D eigenvalue weighted by Gasteiger charge is 2.38. The summed E-state index contributed by atoms with van der Waals surface area (Å²) in [5, 5.41) is 7.64. The number of fused-ring (bicyclic) bond motifs is 2. The zero-order valence-corrected chi connectivity index (χ0v) is 24.0. The third-order valence-electron chi connectivity index (χ3n) is 7.76. The summed E-state index contributed by atoms with van der Waals surface area (Å²) >= 11 is 1.47. The smallest absolute Gasteiger partial charge is 0.240 e. The molecule has 2 amide bonds. The summed E-state index contributed by atoms with van der Waals surface area (Å²) in [7, 11) is 0. The van der Waals surface area contributed by atoms with Gasteiger partial charge in [-0.25, -0.2) is 9.07 Å². The molecule has 1 aromatic heterocycles. The first kappa shape index (κ1) is 27.5. The molecule has 11 heteroatoms. The molecular weight excluding hydrogens is 571 g/mol. The van der Waals surface area contributed by atoms with Crippen LogP contribution in [0.15, 0.2) is 72.8 Å². The number of benzene rings is 3. The number of ether oxygens (including phenoxy) is 3. The molecule has 4 heterocycles. The minimum absolute atomic E-state index is 0.0280. The number of thioether (sulfide) groups is 1. The number of amides is 2. The molecule has 1 N–H and O–H groups in total. The van der Waals surface area contributed by atoms with Gasteiger partial charge in [0.15, 0.2) is 11.5 Å². The molecule has 3 aromatic carbocycles. The van der Waals surface area contributed by atoms with Gasteiger partial charge in [0.2, 0.25) is 18.6 Å². The number of carbonyl (C=O) groups is 2. The van der Waals surface area contributed by atoms with E-state index in [1.165, 1.54) is 28.8 Å². The number of rotatable bonds is 7. The van der Waals surface area contributed by atoms with Crippen molar-refractivity contribution in [2.24, 2.45) is 0 Å². The maximum absolute atomic E-state index is 14.0. The first-order valence-electron chi connectivity index (χ1n) is 14.2. The summed E-state index contributed by atoms with van der Waals surface area (Å²) in [6, 6.07) is 21.4. The number of anilines is 1. The van der Waals surface area contributed by atoms with Crippen molar-refractivity contribution in [3.8, 4) is 28.4 Å². The van der Waals surface area contributed by atoms with E-state index in [0.29, 0.717) is 41.8 Å². The molecule has 43 heavy (non-hydrogen) atoms. The molecule has 0 saturated carbocycles. The molecule has 3 aliphatic rings. The Kier molecular flexibility index (Phi) is 7.50. The van der Waals surface area contributed by atoms with Crippen molar-refractivity contribution >= 4 is 29.4 Å². The van der Waals surface area contributed by atoms with E-state index in [-0.39, 0.29) is 48.1 Å². The van der Waals surface area contributed by atoms with E-state index >= 15 is 0 Å². The lowest BCUT2D eigenvalue weighted by Crippen LogP contribution is -2.44. The van der Waals surface area contributed by atoms with E-state index in [1.807, 2.05) is 48.5 Å². The zero-order chi connectivity index (χ0) is 29.3. The Morgan fingerprint density at radius 2 is 1.86 bits per heavy atom. The van der Waals surface area contributed by atoms with Crippen LogP contribution in [-0.4, -0.2) is 59.9 Å². The Hall–Kier alpha value is -4.35. The van der Waals surface area contributed by atoms with Crippen LogP contribution in [0, 0.1) is 5.82 Å². The van der Waals surface area contributed by atoms with Gasteiger partial charge in [-0.15, -0.1) is 11.8 Å². The third-order valence-corrected chi connectivity index (χ3v) is 9.01. The van der Waals surface area contributed by atoms with E-state index in [2.05, 4.69) is 5.32 Å². The largest absolute Gasteiger partial charge is 0.454 e. The average molecular weight is 601 g/mol. The van der Waals surface area contributed by atoms with Crippen molar-refractivity contribution in [2.45, 2.75) is 24.2 Å². The van der Waals surface area contributed by atoms with Crippen molar-refractivity contribution in [1.29, 1.82) is 0 Å². The molecule has 2 atom stereocenters. The van der Waals surface area contributed by atoms with Crippen LogP contribution in [0.1, 0.15) is 29.2 Å². The van der Waals surface area contributed by atoms with E-state index < -0.39 is 0 Å². The van der Waals surface area contributed by atoms with Crippen molar-refractivity contribution in [3.63, 3.8) is 0 Å². The fourth-order valence-electron chi connectivity index (χ4n) is 5.66. The standard InChI is InChI=1S/C32H29FN4O5S/c33-22-9-11-23(12-10-22)37-32-29(30(35-37)20-5-2-1-3-6-20)31(21-8-13-25-26(15-21)42-19-41-25)43-18-28(39)36(32)17-27(38)34-16-24-7-4-14-40-24/h1-3,5-6,8-13,15,24,31H,4,7,14,16-19H2,(H,34,38)/t24-,31+/m0/s1. The first-order valence-corrected chi connectivity index (χ1v) is 15.2.